The zero-order valence-corrected chi connectivity index (χ0v) is 18.0. The Kier molecular flexibility index (Phi) is 7.73. The molecular weight excluding hydrogens is 412 g/mol. The summed E-state index contributed by atoms with van der Waals surface area (Å²) in [5, 5.41) is 0. The number of nitrogens with zero attached hydrogens (tertiary/aromatic N) is 2. The summed E-state index contributed by atoms with van der Waals surface area (Å²) in [4.78, 5) is 2.04. The van der Waals surface area contributed by atoms with Gasteiger partial charge < -0.3 is 10.3 Å². The van der Waals surface area contributed by atoms with Crippen molar-refractivity contribution in [2.24, 2.45) is 0 Å². The maximum atomic E-state index is 12.8. The molecule has 0 radical (unpaired) electrons. The van der Waals surface area contributed by atoms with Crippen LogP contribution < -0.4 is 4.74 Å². The van der Waals surface area contributed by atoms with Crippen molar-refractivity contribution < 1.29 is 26.4 Å². The first kappa shape index (κ1) is 22.8. The third-order valence-corrected chi connectivity index (χ3v) is 8.46. The number of ether oxygens (including phenoxy) is 1. The number of benzene rings is 2. The van der Waals surface area contributed by atoms with E-state index in [1.807, 2.05) is 0 Å². The maximum Gasteiger partial charge on any atom is 0.504 e. The van der Waals surface area contributed by atoms with Gasteiger partial charge in [-0.3, -0.25) is 0 Å². The molecule has 0 unspecified atom stereocenters. The fourth-order valence-corrected chi connectivity index (χ4v) is 5.94. The topological polar surface area (TPSA) is 114 Å². The van der Waals surface area contributed by atoms with Gasteiger partial charge in [-0.15, -0.1) is 4.79 Å². The molecule has 2 aromatic carbocycles. The molecule has 2 rings (SSSR count). The highest BCUT2D eigenvalue weighted by Crippen LogP contribution is 2.23. The van der Waals surface area contributed by atoms with Gasteiger partial charge in [0.05, 0.1) is 16.4 Å². The molecule has 0 aliphatic rings. The van der Waals surface area contributed by atoms with Crippen LogP contribution in [0.25, 0.3) is 5.53 Å². The van der Waals surface area contributed by atoms with Crippen molar-refractivity contribution in [2.45, 2.75) is 49.3 Å². The van der Waals surface area contributed by atoms with Crippen LogP contribution in [-0.2, 0) is 19.7 Å². The summed E-state index contributed by atoms with van der Waals surface area (Å²) < 4.78 is 55.2. The lowest BCUT2D eigenvalue weighted by molar-refractivity contribution is 0.00380. The summed E-state index contributed by atoms with van der Waals surface area (Å²) in [6.07, 6.45) is 4.19. The van der Waals surface area contributed by atoms with E-state index in [9.17, 15) is 22.4 Å². The molecule has 0 amide bonds. The molecule has 0 aliphatic carbocycles. The number of rotatable bonds is 8. The number of hydrogen-bond donors (Lipinski definition) is 0. The van der Waals surface area contributed by atoms with Gasteiger partial charge >= 0.3 is 4.38 Å². The molecule has 2 aromatic rings. The lowest BCUT2D eigenvalue weighted by Gasteiger charge is -2.07. The van der Waals surface area contributed by atoms with E-state index in [0.29, 0.717) is 12.4 Å². The SMILES string of the molecule is CCCCCCOc1ccc(S(=O)(=O)C(=[N+]=[N-])S(=O)(=O)c2ccc(C)cc2)cc1. The summed E-state index contributed by atoms with van der Waals surface area (Å²) >= 11 is 0. The summed E-state index contributed by atoms with van der Waals surface area (Å²) in [6.45, 7) is 4.39. The average Bonchev–Trinajstić information content (AvgIpc) is 2.68. The van der Waals surface area contributed by atoms with Crippen LogP contribution in [0.3, 0.4) is 0 Å². The van der Waals surface area contributed by atoms with Crippen molar-refractivity contribution >= 4 is 24.1 Å². The zero-order chi connectivity index (χ0) is 21.5. The predicted octanol–water partition coefficient (Wildman–Crippen LogP) is 3.79. The van der Waals surface area contributed by atoms with Crippen LogP contribution >= 0.6 is 0 Å². The van der Waals surface area contributed by atoms with Gasteiger partial charge in [-0.05, 0) is 49.7 Å². The van der Waals surface area contributed by atoms with Crippen LogP contribution in [0.1, 0.15) is 38.2 Å². The van der Waals surface area contributed by atoms with E-state index in [1.165, 1.54) is 48.5 Å². The van der Waals surface area contributed by atoms with Crippen LogP contribution in [0, 0.1) is 6.92 Å². The van der Waals surface area contributed by atoms with Crippen molar-refractivity contribution in [3.63, 3.8) is 0 Å². The molecule has 9 heteroatoms. The van der Waals surface area contributed by atoms with Crippen LogP contribution in [0.15, 0.2) is 58.3 Å². The first-order valence-electron chi connectivity index (χ1n) is 9.25. The van der Waals surface area contributed by atoms with Crippen molar-refractivity contribution in [3.8, 4) is 5.75 Å². The van der Waals surface area contributed by atoms with Gasteiger partial charge in [0, 0.05) is 0 Å². The van der Waals surface area contributed by atoms with Gasteiger partial charge in [-0.1, -0.05) is 43.9 Å². The Morgan fingerprint density at radius 2 is 1.38 bits per heavy atom. The molecule has 0 saturated carbocycles. The highest BCUT2D eigenvalue weighted by Gasteiger charge is 2.43. The highest BCUT2D eigenvalue weighted by molar-refractivity contribution is 8.31. The molecule has 0 atom stereocenters. The van der Waals surface area contributed by atoms with E-state index >= 15 is 0 Å². The fraction of sp³-hybridized carbons (Fsp3) is 0.350. The van der Waals surface area contributed by atoms with E-state index < -0.39 is 24.1 Å². The highest BCUT2D eigenvalue weighted by atomic mass is 32.3. The Balaban J connectivity index is 2.24. The minimum Gasteiger partial charge on any atom is -0.494 e. The summed E-state index contributed by atoms with van der Waals surface area (Å²) in [7, 11) is -9.09. The van der Waals surface area contributed by atoms with Gasteiger partial charge in [0.15, 0.2) is 0 Å². The van der Waals surface area contributed by atoms with E-state index in [2.05, 4.69) is 11.7 Å². The normalized spacial score (nSPS) is 11.7. The van der Waals surface area contributed by atoms with Crippen molar-refractivity contribution in [1.29, 1.82) is 0 Å². The van der Waals surface area contributed by atoms with Crippen molar-refractivity contribution in [3.05, 3.63) is 59.6 Å². The summed E-state index contributed by atoms with van der Waals surface area (Å²) in [5.74, 6) is 0.476. The lowest BCUT2D eigenvalue weighted by Crippen LogP contribution is -2.26. The second-order valence-corrected chi connectivity index (χ2v) is 10.6. The van der Waals surface area contributed by atoms with E-state index in [4.69, 9.17) is 4.74 Å². The van der Waals surface area contributed by atoms with E-state index in [0.717, 1.165) is 31.2 Å². The Morgan fingerprint density at radius 3 is 1.86 bits per heavy atom. The molecule has 0 heterocycles. The average molecular weight is 437 g/mol. The van der Waals surface area contributed by atoms with E-state index in [1.54, 1.807) is 6.92 Å². The van der Waals surface area contributed by atoms with Crippen molar-refractivity contribution in [2.75, 3.05) is 6.61 Å². The monoisotopic (exact) mass is 436 g/mol. The maximum absolute atomic E-state index is 12.8. The Morgan fingerprint density at radius 1 is 0.862 bits per heavy atom. The minimum absolute atomic E-state index is 0.272. The molecule has 0 aromatic heterocycles. The molecule has 0 spiro atoms. The quantitative estimate of drug-likeness (QED) is 0.205. The van der Waals surface area contributed by atoms with Crippen LogP contribution in [-0.4, -0.2) is 32.6 Å². The number of hydrogen-bond acceptors (Lipinski definition) is 5. The smallest absolute Gasteiger partial charge is 0.494 e. The van der Waals surface area contributed by atoms with Gasteiger partial charge in [-0.2, -0.15) is 0 Å². The molecule has 7 nitrogen and oxygen atoms in total. The number of aryl methyl sites for hydroxylation is 1. The molecule has 0 bridgehead atoms. The fourth-order valence-electron chi connectivity index (χ4n) is 2.60. The molecule has 0 aliphatic heterocycles. The Labute approximate surface area is 171 Å². The number of unbranched alkanes of at least 4 members (excludes halogenated alkanes) is 3. The first-order valence-corrected chi connectivity index (χ1v) is 12.2. The summed E-state index contributed by atoms with van der Waals surface area (Å²) in [6, 6.07) is 10.9. The largest absolute Gasteiger partial charge is 0.504 e. The third-order valence-electron chi connectivity index (χ3n) is 4.27. The number of sulfone groups is 2. The zero-order valence-electron chi connectivity index (χ0n) is 16.4. The van der Waals surface area contributed by atoms with Gasteiger partial charge in [-0.25, -0.2) is 16.8 Å². The summed E-state index contributed by atoms with van der Waals surface area (Å²) in [5.41, 5.74) is 10.0. The molecule has 0 saturated heterocycles. The standard InChI is InChI=1S/C20H24N2O5S2/c1-3-4-5-6-15-27-17-9-13-19(14-10-17)29(25,26)20(22-21)28(23,24)18-11-7-16(2)8-12-18/h7-14H,3-6,15H2,1-2H3. The van der Waals surface area contributed by atoms with Crippen LogP contribution in [0.4, 0.5) is 0 Å². The molecule has 156 valence electrons. The lowest BCUT2D eigenvalue weighted by atomic mass is 10.2. The second-order valence-electron chi connectivity index (χ2n) is 6.57. The third kappa shape index (κ3) is 5.53. The Bertz CT molecular complexity index is 1080. The van der Waals surface area contributed by atoms with Gasteiger partial charge in [0.1, 0.15) is 5.75 Å². The van der Waals surface area contributed by atoms with Crippen molar-refractivity contribution in [1.82, 2.24) is 0 Å². The van der Waals surface area contributed by atoms with E-state index in [-0.39, 0.29) is 9.79 Å². The molecular formula is C20H24N2O5S2. The van der Waals surface area contributed by atoms with Crippen LogP contribution in [0.5, 0.6) is 5.75 Å². The predicted molar refractivity (Wildman–Crippen MR) is 110 cm³/mol. The molecule has 29 heavy (non-hydrogen) atoms. The van der Waals surface area contributed by atoms with Gasteiger partial charge in [0.2, 0.25) is 0 Å². The van der Waals surface area contributed by atoms with Gasteiger partial charge in [0.25, 0.3) is 19.7 Å². The Hall–Kier alpha value is -2.48. The van der Waals surface area contributed by atoms with Crippen LogP contribution in [0.2, 0.25) is 0 Å². The minimum atomic E-state index is -4.56. The molecule has 0 fully saturated rings. The molecule has 0 N–H and O–H groups in total. The first-order chi connectivity index (χ1) is 13.7. The second kappa shape index (κ2) is 9.82.